The smallest absolute Gasteiger partial charge is 0.170 e. The monoisotopic (exact) mass is 275 g/mol. The zero-order valence-electron chi connectivity index (χ0n) is 11.0. The van der Waals surface area contributed by atoms with E-state index in [1.54, 1.807) is 11.8 Å². The Morgan fingerprint density at radius 1 is 1.47 bits per heavy atom. The first kappa shape index (κ1) is 13.7. The van der Waals surface area contributed by atoms with Crippen LogP contribution in [0.4, 0.5) is 0 Å². The van der Waals surface area contributed by atoms with Gasteiger partial charge in [0.15, 0.2) is 5.84 Å². The summed E-state index contributed by atoms with van der Waals surface area (Å²) in [5, 5.41) is 14.3. The number of benzene rings is 1. The van der Waals surface area contributed by atoms with Crippen molar-refractivity contribution in [1.29, 1.82) is 0 Å². The molecule has 5 heteroatoms. The number of thioether (sulfide) groups is 1. The number of hydrogen-bond donors (Lipinski definition) is 2. The second-order valence-electron chi connectivity index (χ2n) is 4.35. The Hall–Kier alpha value is -1.75. The minimum absolute atomic E-state index is 0.115. The lowest BCUT2D eigenvalue weighted by atomic mass is 10.1. The van der Waals surface area contributed by atoms with Crippen LogP contribution in [0.3, 0.4) is 0 Å². The van der Waals surface area contributed by atoms with Crippen LogP contribution in [0.25, 0.3) is 10.9 Å². The van der Waals surface area contributed by atoms with Crippen molar-refractivity contribution in [3.05, 3.63) is 35.9 Å². The van der Waals surface area contributed by atoms with Gasteiger partial charge in [0.25, 0.3) is 0 Å². The number of oxime groups is 1. The zero-order chi connectivity index (χ0) is 13.8. The van der Waals surface area contributed by atoms with Gasteiger partial charge in [-0.05, 0) is 18.6 Å². The van der Waals surface area contributed by atoms with Crippen molar-refractivity contribution in [3.63, 3.8) is 0 Å². The second-order valence-corrected chi connectivity index (χ2v) is 5.81. The van der Waals surface area contributed by atoms with Crippen molar-refractivity contribution in [3.8, 4) is 0 Å². The van der Waals surface area contributed by atoms with Gasteiger partial charge in [-0.25, -0.2) is 4.98 Å². The summed E-state index contributed by atoms with van der Waals surface area (Å²) < 4.78 is 0. The molecule has 2 aromatic rings. The Kier molecular flexibility index (Phi) is 4.27. The molecule has 0 radical (unpaired) electrons. The highest BCUT2D eigenvalue weighted by Crippen LogP contribution is 2.27. The van der Waals surface area contributed by atoms with Gasteiger partial charge in [-0.2, -0.15) is 0 Å². The first-order valence-electron chi connectivity index (χ1n) is 6.20. The largest absolute Gasteiger partial charge is 0.409 e. The molecule has 0 saturated heterocycles. The molecule has 1 heterocycles. The van der Waals surface area contributed by atoms with E-state index in [0.717, 1.165) is 27.9 Å². The molecule has 0 fully saturated rings. The van der Waals surface area contributed by atoms with Crippen LogP contribution in [-0.2, 0) is 0 Å². The van der Waals surface area contributed by atoms with Gasteiger partial charge in [-0.15, -0.1) is 11.8 Å². The fourth-order valence-corrected chi connectivity index (χ4v) is 2.68. The van der Waals surface area contributed by atoms with Crippen molar-refractivity contribution >= 4 is 28.5 Å². The molecule has 0 aliphatic carbocycles. The third-order valence-corrected chi connectivity index (χ3v) is 4.16. The molecule has 0 aliphatic heterocycles. The summed E-state index contributed by atoms with van der Waals surface area (Å²) >= 11 is 1.70. The molecular formula is C14H17N3OS. The van der Waals surface area contributed by atoms with E-state index in [2.05, 4.69) is 24.0 Å². The van der Waals surface area contributed by atoms with E-state index in [-0.39, 0.29) is 5.84 Å². The Labute approximate surface area is 116 Å². The first-order chi connectivity index (χ1) is 9.15. The molecular weight excluding hydrogens is 258 g/mol. The lowest BCUT2D eigenvalue weighted by Gasteiger charge is -2.11. The number of fused-ring (bicyclic) bond motifs is 1. The highest BCUT2D eigenvalue weighted by Gasteiger charge is 2.11. The van der Waals surface area contributed by atoms with Crippen LogP contribution in [0.5, 0.6) is 0 Å². The molecule has 19 heavy (non-hydrogen) atoms. The van der Waals surface area contributed by atoms with Gasteiger partial charge in [0.2, 0.25) is 0 Å². The molecule has 1 aromatic carbocycles. The quantitative estimate of drug-likeness (QED) is 0.295. The molecule has 100 valence electrons. The maximum Gasteiger partial charge on any atom is 0.170 e. The second kappa shape index (κ2) is 5.93. The normalized spacial score (nSPS) is 13.7. The summed E-state index contributed by atoms with van der Waals surface area (Å²) in [5.41, 5.74) is 7.34. The number of aromatic nitrogens is 1. The zero-order valence-corrected chi connectivity index (χ0v) is 11.8. The van der Waals surface area contributed by atoms with E-state index in [0.29, 0.717) is 5.25 Å². The van der Waals surface area contributed by atoms with Crippen LogP contribution in [0.2, 0.25) is 0 Å². The summed E-state index contributed by atoms with van der Waals surface area (Å²) in [6.07, 6.45) is 1.07. The Bertz CT molecular complexity index is 613. The molecule has 0 spiro atoms. The standard InChI is InChI=1S/C14H17N3OS/c1-3-9(2)19-13-8-11(14(15)17-18)10-6-4-5-7-12(10)16-13/h4-9,18H,3H2,1-2H3,(H2,15,17). The van der Waals surface area contributed by atoms with Gasteiger partial charge in [0.05, 0.1) is 10.5 Å². The molecule has 1 atom stereocenters. The minimum atomic E-state index is 0.115. The van der Waals surface area contributed by atoms with Crippen LogP contribution in [0.1, 0.15) is 25.8 Å². The molecule has 1 aromatic heterocycles. The summed E-state index contributed by atoms with van der Waals surface area (Å²) in [6.45, 7) is 4.30. The molecule has 0 aliphatic rings. The molecule has 4 nitrogen and oxygen atoms in total. The van der Waals surface area contributed by atoms with Crippen LogP contribution in [-0.4, -0.2) is 21.3 Å². The van der Waals surface area contributed by atoms with E-state index in [1.807, 2.05) is 30.3 Å². The number of rotatable bonds is 4. The molecule has 2 rings (SSSR count). The van der Waals surface area contributed by atoms with Gasteiger partial charge in [0, 0.05) is 16.2 Å². The van der Waals surface area contributed by atoms with Gasteiger partial charge < -0.3 is 10.9 Å². The Morgan fingerprint density at radius 2 is 2.21 bits per heavy atom. The topological polar surface area (TPSA) is 71.5 Å². The summed E-state index contributed by atoms with van der Waals surface area (Å²) in [4.78, 5) is 4.61. The number of pyridine rings is 1. The van der Waals surface area contributed by atoms with Crippen LogP contribution < -0.4 is 5.73 Å². The van der Waals surface area contributed by atoms with Gasteiger partial charge in [0.1, 0.15) is 0 Å². The maximum absolute atomic E-state index is 8.90. The van der Waals surface area contributed by atoms with Crippen molar-refractivity contribution in [1.82, 2.24) is 4.98 Å². The molecule has 0 saturated carbocycles. The lowest BCUT2D eigenvalue weighted by molar-refractivity contribution is 0.318. The summed E-state index contributed by atoms with van der Waals surface area (Å²) in [7, 11) is 0. The number of nitrogens with two attached hydrogens (primary N) is 1. The first-order valence-corrected chi connectivity index (χ1v) is 7.08. The highest BCUT2D eigenvalue weighted by molar-refractivity contribution is 7.99. The van der Waals surface area contributed by atoms with Crippen molar-refractivity contribution < 1.29 is 5.21 Å². The van der Waals surface area contributed by atoms with Gasteiger partial charge in [-0.1, -0.05) is 37.2 Å². The highest BCUT2D eigenvalue weighted by atomic mass is 32.2. The van der Waals surface area contributed by atoms with Gasteiger partial charge in [-0.3, -0.25) is 0 Å². The minimum Gasteiger partial charge on any atom is -0.409 e. The Morgan fingerprint density at radius 3 is 2.89 bits per heavy atom. The van der Waals surface area contributed by atoms with Crippen molar-refractivity contribution in [2.45, 2.75) is 30.5 Å². The fraction of sp³-hybridized carbons (Fsp3) is 0.286. The van der Waals surface area contributed by atoms with Crippen LogP contribution in [0.15, 0.2) is 40.5 Å². The average Bonchev–Trinajstić information content (AvgIpc) is 2.45. The van der Waals surface area contributed by atoms with Crippen LogP contribution in [0, 0.1) is 0 Å². The molecule has 1 unspecified atom stereocenters. The fourth-order valence-electron chi connectivity index (χ4n) is 1.77. The molecule has 0 amide bonds. The number of para-hydroxylation sites is 1. The summed E-state index contributed by atoms with van der Waals surface area (Å²) in [5.74, 6) is 0.115. The third kappa shape index (κ3) is 2.98. The third-order valence-electron chi connectivity index (χ3n) is 2.97. The summed E-state index contributed by atoms with van der Waals surface area (Å²) in [6, 6.07) is 9.59. The Balaban J connectivity index is 2.57. The van der Waals surface area contributed by atoms with Crippen molar-refractivity contribution in [2.75, 3.05) is 0 Å². The lowest BCUT2D eigenvalue weighted by Crippen LogP contribution is -2.14. The predicted molar refractivity (Wildman–Crippen MR) is 79.9 cm³/mol. The van der Waals surface area contributed by atoms with E-state index >= 15 is 0 Å². The predicted octanol–water partition coefficient (Wildman–Crippen LogP) is 3.22. The number of hydrogen-bond acceptors (Lipinski definition) is 4. The molecule has 3 N–H and O–H groups in total. The molecule has 0 bridgehead atoms. The maximum atomic E-state index is 8.90. The van der Waals surface area contributed by atoms with Crippen molar-refractivity contribution in [2.24, 2.45) is 10.9 Å². The van der Waals surface area contributed by atoms with E-state index in [9.17, 15) is 0 Å². The van der Waals surface area contributed by atoms with Gasteiger partial charge >= 0.3 is 0 Å². The number of amidine groups is 1. The SMILES string of the molecule is CCC(C)Sc1cc(C(N)=NO)c2ccccc2n1. The van der Waals surface area contributed by atoms with E-state index in [1.165, 1.54) is 0 Å². The van der Waals surface area contributed by atoms with E-state index in [4.69, 9.17) is 10.9 Å². The number of nitrogens with zero attached hydrogens (tertiary/aromatic N) is 2. The average molecular weight is 275 g/mol. The van der Waals surface area contributed by atoms with Crippen LogP contribution >= 0.6 is 11.8 Å². The van der Waals surface area contributed by atoms with E-state index < -0.39 is 0 Å².